The molecule has 0 radical (unpaired) electrons. The molecule has 0 saturated carbocycles. The van der Waals surface area contributed by atoms with E-state index in [0.717, 1.165) is 0 Å². The number of nitrogens with one attached hydrogen (secondary N) is 1. The fourth-order valence-corrected chi connectivity index (χ4v) is 3.06. The molecular formula is C22H25N3O4. The summed E-state index contributed by atoms with van der Waals surface area (Å²) in [5.41, 5.74) is 2.68. The highest BCUT2D eigenvalue weighted by Crippen LogP contribution is 2.33. The van der Waals surface area contributed by atoms with Gasteiger partial charge in [-0.15, -0.1) is 0 Å². The summed E-state index contributed by atoms with van der Waals surface area (Å²) in [4.78, 5) is 40.0. The standard InChI is InChI=1S/C22H25N3O4/c1-14(2)15-5-8-17(9-6-15)23-20(26)12-25-18-11-16(22(28)24(3)4)7-10-19(18)29-13-21(25)27/h5-11,14H,12-13H2,1-4H3,(H,23,26). The molecule has 3 rings (SSSR count). The molecule has 1 heterocycles. The van der Waals surface area contributed by atoms with Crippen molar-refractivity contribution in [2.75, 3.05) is 37.5 Å². The van der Waals surface area contributed by atoms with Gasteiger partial charge in [0, 0.05) is 25.3 Å². The molecule has 0 aliphatic carbocycles. The molecule has 0 atom stereocenters. The third kappa shape index (κ3) is 4.56. The average molecular weight is 395 g/mol. The molecule has 1 N–H and O–H groups in total. The minimum Gasteiger partial charge on any atom is -0.482 e. The fourth-order valence-electron chi connectivity index (χ4n) is 3.06. The SMILES string of the molecule is CC(C)c1ccc(NC(=O)CN2C(=O)COc3ccc(C(=O)N(C)C)cc32)cc1. The van der Waals surface area contributed by atoms with Gasteiger partial charge in [-0.05, 0) is 41.8 Å². The van der Waals surface area contributed by atoms with Crippen molar-refractivity contribution in [1.82, 2.24) is 4.90 Å². The average Bonchev–Trinajstić information content (AvgIpc) is 2.69. The first-order chi connectivity index (χ1) is 13.8. The lowest BCUT2D eigenvalue weighted by molar-refractivity contribution is -0.123. The summed E-state index contributed by atoms with van der Waals surface area (Å²) in [6.45, 7) is 3.89. The van der Waals surface area contributed by atoms with E-state index in [1.807, 2.05) is 24.3 Å². The van der Waals surface area contributed by atoms with Gasteiger partial charge in [-0.1, -0.05) is 26.0 Å². The van der Waals surface area contributed by atoms with Crippen LogP contribution in [0.4, 0.5) is 11.4 Å². The topological polar surface area (TPSA) is 79.0 Å². The van der Waals surface area contributed by atoms with Crippen LogP contribution in [-0.4, -0.2) is 49.9 Å². The Morgan fingerprint density at radius 3 is 2.45 bits per heavy atom. The Hall–Kier alpha value is -3.35. The van der Waals surface area contributed by atoms with Gasteiger partial charge in [0.25, 0.3) is 11.8 Å². The number of hydrogen-bond acceptors (Lipinski definition) is 4. The first-order valence-electron chi connectivity index (χ1n) is 9.45. The number of rotatable bonds is 5. The number of fused-ring (bicyclic) bond motifs is 1. The molecule has 0 fully saturated rings. The van der Waals surface area contributed by atoms with Crippen molar-refractivity contribution < 1.29 is 19.1 Å². The van der Waals surface area contributed by atoms with Crippen LogP contribution < -0.4 is 15.0 Å². The molecule has 0 aromatic heterocycles. The zero-order valence-corrected chi connectivity index (χ0v) is 17.1. The lowest BCUT2D eigenvalue weighted by atomic mass is 10.0. The van der Waals surface area contributed by atoms with Crippen LogP contribution in [0.5, 0.6) is 5.75 Å². The normalized spacial score (nSPS) is 13.0. The number of amides is 3. The van der Waals surface area contributed by atoms with Crippen LogP contribution in [0.1, 0.15) is 35.7 Å². The minimum absolute atomic E-state index is 0.148. The molecule has 7 heteroatoms. The van der Waals surface area contributed by atoms with Crippen molar-refractivity contribution in [3.05, 3.63) is 53.6 Å². The minimum atomic E-state index is -0.336. The first kappa shape index (κ1) is 20.4. The molecule has 0 spiro atoms. The van der Waals surface area contributed by atoms with E-state index in [4.69, 9.17) is 4.74 Å². The molecule has 0 saturated heterocycles. The fraction of sp³-hybridized carbons (Fsp3) is 0.318. The van der Waals surface area contributed by atoms with Crippen molar-refractivity contribution in [3.63, 3.8) is 0 Å². The molecule has 7 nitrogen and oxygen atoms in total. The Morgan fingerprint density at radius 1 is 1.14 bits per heavy atom. The highest BCUT2D eigenvalue weighted by atomic mass is 16.5. The number of nitrogens with zero attached hydrogens (tertiary/aromatic N) is 2. The second-order valence-electron chi connectivity index (χ2n) is 7.48. The Labute approximate surface area is 170 Å². The van der Waals surface area contributed by atoms with E-state index in [-0.39, 0.29) is 30.9 Å². The molecule has 0 bridgehead atoms. The van der Waals surface area contributed by atoms with E-state index in [0.29, 0.717) is 28.6 Å². The Balaban J connectivity index is 1.78. The van der Waals surface area contributed by atoms with Gasteiger partial charge >= 0.3 is 0 Å². The number of ether oxygens (including phenoxy) is 1. The summed E-state index contributed by atoms with van der Waals surface area (Å²) >= 11 is 0. The van der Waals surface area contributed by atoms with E-state index < -0.39 is 0 Å². The van der Waals surface area contributed by atoms with Crippen LogP contribution >= 0.6 is 0 Å². The van der Waals surface area contributed by atoms with E-state index in [9.17, 15) is 14.4 Å². The van der Waals surface area contributed by atoms with Crippen molar-refractivity contribution in [2.24, 2.45) is 0 Å². The van der Waals surface area contributed by atoms with Gasteiger partial charge in [0.15, 0.2) is 6.61 Å². The molecule has 3 amide bonds. The summed E-state index contributed by atoms with van der Waals surface area (Å²) in [5.74, 6) is 0.0147. The molecule has 2 aromatic carbocycles. The summed E-state index contributed by atoms with van der Waals surface area (Å²) in [6.07, 6.45) is 0. The summed E-state index contributed by atoms with van der Waals surface area (Å²) in [6, 6.07) is 12.5. The molecule has 0 unspecified atom stereocenters. The Morgan fingerprint density at radius 2 is 1.83 bits per heavy atom. The molecular weight excluding hydrogens is 370 g/mol. The second kappa shape index (κ2) is 8.34. The predicted octanol–water partition coefficient (Wildman–Crippen LogP) is 2.88. The van der Waals surface area contributed by atoms with Crippen molar-refractivity contribution >= 4 is 29.1 Å². The van der Waals surface area contributed by atoms with E-state index in [1.165, 1.54) is 15.4 Å². The lowest BCUT2D eigenvalue weighted by Gasteiger charge is -2.29. The maximum atomic E-state index is 12.6. The van der Waals surface area contributed by atoms with Crippen LogP contribution in [0.25, 0.3) is 0 Å². The second-order valence-corrected chi connectivity index (χ2v) is 7.48. The van der Waals surface area contributed by atoms with Crippen molar-refractivity contribution in [3.8, 4) is 5.75 Å². The van der Waals surface area contributed by atoms with Gasteiger partial charge in [-0.2, -0.15) is 0 Å². The maximum absolute atomic E-state index is 12.6. The van der Waals surface area contributed by atoms with Crippen LogP contribution in [-0.2, 0) is 9.59 Å². The number of benzene rings is 2. The van der Waals surface area contributed by atoms with Crippen LogP contribution in [0.3, 0.4) is 0 Å². The molecule has 1 aliphatic rings. The smallest absolute Gasteiger partial charge is 0.265 e. The van der Waals surface area contributed by atoms with Gasteiger partial charge in [-0.25, -0.2) is 0 Å². The van der Waals surface area contributed by atoms with Crippen molar-refractivity contribution in [1.29, 1.82) is 0 Å². The molecule has 29 heavy (non-hydrogen) atoms. The third-order valence-electron chi connectivity index (χ3n) is 4.72. The first-order valence-corrected chi connectivity index (χ1v) is 9.45. The number of carbonyl (C=O) groups excluding carboxylic acids is 3. The Bertz CT molecular complexity index is 936. The van der Waals surface area contributed by atoms with Gasteiger partial charge in [-0.3, -0.25) is 19.3 Å². The highest BCUT2D eigenvalue weighted by molar-refractivity contribution is 6.06. The largest absolute Gasteiger partial charge is 0.482 e. The van der Waals surface area contributed by atoms with Gasteiger partial charge in [0.2, 0.25) is 5.91 Å². The molecule has 1 aliphatic heterocycles. The Kier molecular flexibility index (Phi) is 5.87. The predicted molar refractivity (Wildman–Crippen MR) is 111 cm³/mol. The zero-order valence-electron chi connectivity index (χ0n) is 17.1. The van der Waals surface area contributed by atoms with Crippen LogP contribution in [0.2, 0.25) is 0 Å². The quantitative estimate of drug-likeness (QED) is 0.844. The maximum Gasteiger partial charge on any atom is 0.265 e. The highest BCUT2D eigenvalue weighted by Gasteiger charge is 2.28. The molecule has 152 valence electrons. The molecule has 2 aromatic rings. The summed E-state index contributed by atoms with van der Waals surface area (Å²) in [5, 5.41) is 2.81. The monoisotopic (exact) mass is 395 g/mol. The van der Waals surface area contributed by atoms with E-state index >= 15 is 0 Å². The van der Waals surface area contributed by atoms with Gasteiger partial charge < -0.3 is 15.0 Å². The van der Waals surface area contributed by atoms with Gasteiger partial charge in [0.05, 0.1) is 5.69 Å². The van der Waals surface area contributed by atoms with Crippen molar-refractivity contribution in [2.45, 2.75) is 19.8 Å². The van der Waals surface area contributed by atoms with Crippen LogP contribution in [0, 0.1) is 0 Å². The van der Waals surface area contributed by atoms with E-state index in [1.54, 1.807) is 32.3 Å². The number of hydrogen-bond donors (Lipinski definition) is 1. The van der Waals surface area contributed by atoms with Crippen LogP contribution in [0.15, 0.2) is 42.5 Å². The third-order valence-corrected chi connectivity index (χ3v) is 4.72. The summed E-state index contributed by atoms with van der Waals surface area (Å²) < 4.78 is 5.45. The summed E-state index contributed by atoms with van der Waals surface area (Å²) in [7, 11) is 3.30. The number of anilines is 2. The number of carbonyl (C=O) groups is 3. The van der Waals surface area contributed by atoms with E-state index in [2.05, 4.69) is 19.2 Å². The van der Waals surface area contributed by atoms with Gasteiger partial charge in [0.1, 0.15) is 12.3 Å². The zero-order chi connectivity index (χ0) is 21.1. The lowest BCUT2D eigenvalue weighted by Crippen LogP contribution is -2.43.